The SMILES string of the molecule is CCC(C)Nc1c(-c2ccc(C(C)C)cc2)c(=O)c1=O. The van der Waals surface area contributed by atoms with Crippen LogP contribution < -0.4 is 16.2 Å². The van der Waals surface area contributed by atoms with Gasteiger partial charge in [-0.05, 0) is 30.4 Å². The monoisotopic (exact) mass is 271 g/mol. The van der Waals surface area contributed by atoms with Crippen molar-refractivity contribution in [2.24, 2.45) is 0 Å². The lowest BCUT2D eigenvalue weighted by Crippen LogP contribution is -2.38. The molecule has 0 radical (unpaired) electrons. The van der Waals surface area contributed by atoms with Gasteiger partial charge in [0.2, 0.25) is 10.9 Å². The minimum absolute atomic E-state index is 0.187. The Bertz CT molecular complexity index is 661. The predicted molar refractivity (Wildman–Crippen MR) is 84.3 cm³/mol. The van der Waals surface area contributed by atoms with E-state index >= 15 is 0 Å². The van der Waals surface area contributed by atoms with E-state index < -0.39 is 5.43 Å². The lowest BCUT2D eigenvalue weighted by molar-refractivity contribution is 0.762. The Hall–Kier alpha value is -1.90. The van der Waals surface area contributed by atoms with Crippen LogP contribution in [0.1, 0.15) is 45.6 Å². The Kier molecular flexibility index (Phi) is 4.07. The Morgan fingerprint density at radius 3 is 2.10 bits per heavy atom. The van der Waals surface area contributed by atoms with E-state index in [0.717, 1.165) is 12.0 Å². The molecular weight excluding hydrogens is 250 g/mol. The van der Waals surface area contributed by atoms with Gasteiger partial charge in [0.25, 0.3) is 0 Å². The van der Waals surface area contributed by atoms with Gasteiger partial charge in [-0.15, -0.1) is 0 Å². The molecule has 1 atom stereocenters. The highest BCUT2D eigenvalue weighted by Gasteiger charge is 2.22. The normalized spacial score (nSPS) is 12.8. The molecule has 20 heavy (non-hydrogen) atoms. The first-order valence-electron chi connectivity index (χ1n) is 7.15. The molecular formula is C17H21NO2. The predicted octanol–water partition coefficient (Wildman–Crippen LogP) is 3.28. The van der Waals surface area contributed by atoms with Gasteiger partial charge in [0.05, 0.1) is 11.3 Å². The van der Waals surface area contributed by atoms with Crippen molar-refractivity contribution in [1.29, 1.82) is 0 Å². The molecule has 1 N–H and O–H groups in total. The van der Waals surface area contributed by atoms with E-state index in [2.05, 4.69) is 19.2 Å². The fourth-order valence-corrected chi connectivity index (χ4v) is 2.19. The standard InChI is InChI=1S/C17H21NO2/c1-5-11(4)18-15-14(16(19)17(15)20)13-8-6-12(7-9-13)10(2)3/h6-11,18H,5H2,1-4H3. The second kappa shape index (κ2) is 5.61. The van der Waals surface area contributed by atoms with E-state index in [4.69, 9.17) is 0 Å². The van der Waals surface area contributed by atoms with Gasteiger partial charge >= 0.3 is 0 Å². The van der Waals surface area contributed by atoms with Gasteiger partial charge in [-0.1, -0.05) is 45.0 Å². The largest absolute Gasteiger partial charge is 0.379 e. The number of nitrogens with one attached hydrogen (secondary N) is 1. The zero-order chi connectivity index (χ0) is 14.9. The van der Waals surface area contributed by atoms with E-state index in [0.29, 0.717) is 17.2 Å². The molecule has 0 fully saturated rings. The first kappa shape index (κ1) is 14.5. The summed E-state index contributed by atoms with van der Waals surface area (Å²) in [6.07, 6.45) is 0.907. The first-order chi connectivity index (χ1) is 9.45. The van der Waals surface area contributed by atoms with Crippen molar-refractivity contribution >= 4 is 5.69 Å². The number of rotatable bonds is 5. The molecule has 0 saturated heterocycles. The summed E-state index contributed by atoms with van der Waals surface area (Å²) in [5.74, 6) is 0.453. The lowest BCUT2D eigenvalue weighted by atomic mass is 9.95. The molecule has 0 aliphatic heterocycles. The summed E-state index contributed by atoms with van der Waals surface area (Å²) in [5.41, 5.74) is 2.28. The smallest absolute Gasteiger partial charge is 0.250 e. The quantitative estimate of drug-likeness (QED) is 0.849. The van der Waals surface area contributed by atoms with Crippen molar-refractivity contribution in [2.45, 2.75) is 46.1 Å². The van der Waals surface area contributed by atoms with Crippen LogP contribution in [0.5, 0.6) is 0 Å². The third-order valence-electron chi connectivity index (χ3n) is 3.78. The Morgan fingerprint density at radius 2 is 1.60 bits per heavy atom. The lowest BCUT2D eigenvalue weighted by Gasteiger charge is -2.18. The highest BCUT2D eigenvalue weighted by Crippen LogP contribution is 2.26. The maximum absolute atomic E-state index is 11.8. The van der Waals surface area contributed by atoms with Crippen molar-refractivity contribution in [2.75, 3.05) is 5.32 Å². The summed E-state index contributed by atoms with van der Waals surface area (Å²) in [5, 5.41) is 3.14. The van der Waals surface area contributed by atoms with E-state index in [-0.39, 0.29) is 11.5 Å². The van der Waals surface area contributed by atoms with Crippen molar-refractivity contribution < 1.29 is 0 Å². The van der Waals surface area contributed by atoms with Gasteiger partial charge in [-0.25, -0.2) is 0 Å². The molecule has 0 spiro atoms. The summed E-state index contributed by atoms with van der Waals surface area (Å²) in [6, 6.07) is 8.07. The maximum atomic E-state index is 11.8. The summed E-state index contributed by atoms with van der Waals surface area (Å²) in [7, 11) is 0. The van der Waals surface area contributed by atoms with E-state index in [1.165, 1.54) is 5.56 Å². The van der Waals surface area contributed by atoms with Crippen LogP contribution in [0.25, 0.3) is 11.1 Å². The van der Waals surface area contributed by atoms with Crippen LogP contribution in [-0.2, 0) is 0 Å². The molecule has 1 unspecified atom stereocenters. The Balaban J connectivity index is 2.36. The summed E-state index contributed by atoms with van der Waals surface area (Å²) >= 11 is 0. The van der Waals surface area contributed by atoms with E-state index in [1.807, 2.05) is 38.1 Å². The summed E-state index contributed by atoms with van der Waals surface area (Å²) in [6.45, 7) is 8.30. The van der Waals surface area contributed by atoms with Crippen LogP contribution in [0.3, 0.4) is 0 Å². The van der Waals surface area contributed by atoms with Crippen LogP contribution in [0, 0.1) is 0 Å². The molecule has 0 aromatic heterocycles. The molecule has 0 amide bonds. The van der Waals surface area contributed by atoms with Crippen LogP contribution in [0.2, 0.25) is 0 Å². The molecule has 2 aromatic carbocycles. The molecule has 3 heteroatoms. The van der Waals surface area contributed by atoms with Gasteiger partial charge < -0.3 is 5.32 Å². The van der Waals surface area contributed by atoms with Crippen molar-refractivity contribution in [1.82, 2.24) is 0 Å². The Morgan fingerprint density at radius 1 is 1.00 bits per heavy atom. The fraction of sp³-hybridized carbons (Fsp3) is 0.412. The van der Waals surface area contributed by atoms with Gasteiger partial charge in [0.1, 0.15) is 0 Å². The fourth-order valence-electron chi connectivity index (χ4n) is 2.19. The molecule has 0 aliphatic rings. The van der Waals surface area contributed by atoms with Crippen molar-refractivity contribution in [3.8, 4) is 11.1 Å². The van der Waals surface area contributed by atoms with Gasteiger partial charge in [0, 0.05) is 6.04 Å². The van der Waals surface area contributed by atoms with Crippen molar-refractivity contribution in [3.05, 3.63) is 50.3 Å². The van der Waals surface area contributed by atoms with Crippen LogP contribution in [0.4, 0.5) is 5.69 Å². The van der Waals surface area contributed by atoms with Crippen LogP contribution in [0.15, 0.2) is 33.9 Å². The molecule has 0 saturated carbocycles. The third-order valence-corrected chi connectivity index (χ3v) is 3.78. The molecule has 3 nitrogen and oxygen atoms in total. The highest BCUT2D eigenvalue weighted by molar-refractivity contribution is 5.82. The molecule has 2 rings (SSSR count). The van der Waals surface area contributed by atoms with Gasteiger partial charge in [-0.2, -0.15) is 0 Å². The van der Waals surface area contributed by atoms with Gasteiger partial charge in [0.15, 0.2) is 0 Å². The molecule has 0 bridgehead atoms. The number of hydrogen-bond donors (Lipinski definition) is 1. The zero-order valence-electron chi connectivity index (χ0n) is 12.5. The van der Waals surface area contributed by atoms with Gasteiger partial charge in [-0.3, -0.25) is 9.59 Å². The maximum Gasteiger partial charge on any atom is 0.250 e. The van der Waals surface area contributed by atoms with Crippen LogP contribution >= 0.6 is 0 Å². The van der Waals surface area contributed by atoms with Crippen LogP contribution in [-0.4, -0.2) is 6.04 Å². The second-order valence-corrected chi connectivity index (χ2v) is 5.64. The molecule has 2 aromatic rings. The molecule has 106 valence electrons. The minimum Gasteiger partial charge on any atom is -0.379 e. The van der Waals surface area contributed by atoms with E-state index in [9.17, 15) is 9.59 Å². The first-order valence-corrected chi connectivity index (χ1v) is 7.15. The Labute approximate surface area is 119 Å². The average molecular weight is 271 g/mol. The van der Waals surface area contributed by atoms with E-state index in [1.54, 1.807) is 0 Å². The molecule has 0 aliphatic carbocycles. The topological polar surface area (TPSA) is 46.2 Å². The number of anilines is 1. The van der Waals surface area contributed by atoms with Crippen molar-refractivity contribution in [3.63, 3.8) is 0 Å². The third kappa shape index (κ3) is 2.53. The summed E-state index contributed by atoms with van der Waals surface area (Å²) in [4.78, 5) is 23.5. The summed E-state index contributed by atoms with van der Waals surface area (Å²) < 4.78 is 0. The second-order valence-electron chi connectivity index (χ2n) is 5.64. The molecule has 0 heterocycles. The number of hydrogen-bond acceptors (Lipinski definition) is 3. The average Bonchev–Trinajstić information content (AvgIpc) is 2.46. The highest BCUT2D eigenvalue weighted by atomic mass is 16.2. The minimum atomic E-state index is -0.395. The zero-order valence-corrected chi connectivity index (χ0v) is 12.5. The number of benzene rings is 1.